The zero-order valence-electron chi connectivity index (χ0n) is 12.4. The van der Waals surface area contributed by atoms with Gasteiger partial charge in [-0.05, 0) is 43.9 Å². The molecule has 0 spiro atoms. The first-order valence-electron chi connectivity index (χ1n) is 7.06. The summed E-state index contributed by atoms with van der Waals surface area (Å²) in [5, 5.41) is 3.29. The highest BCUT2D eigenvalue weighted by Crippen LogP contribution is 2.23. The highest BCUT2D eigenvalue weighted by atomic mass is 16.5. The molecule has 1 rings (SSSR count). The molecule has 0 saturated carbocycles. The second kappa shape index (κ2) is 9.96. The van der Waals surface area contributed by atoms with Gasteiger partial charge in [-0.3, -0.25) is 0 Å². The third kappa shape index (κ3) is 6.19. The van der Waals surface area contributed by atoms with E-state index in [9.17, 15) is 0 Å². The number of hydrogen-bond donors (Lipinski definition) is 1. The lowest BCUT2D eigenvalue weighted by atomic mass is 9.91. The molecule has 1 atom stereocenters. The van der Waals surface area contributed by atoms with Crippen LogP contribution in [-0.4, -0.2) is 40.5 Å². The van der Waals surface area contributed by atoms with E-state index in [4.69, 9.17) is 9.47 Å². The fraction of sp³-hybridized carbons (Fsp3) is 0.625. The van der Waals surface area contributed by atoms with E-state index >= 15 is 0 Å². The largest absolute Gasteiger partial charge is 0.382 e. The summed E-state index contributed by atoms with van der Waals surface area (Å²) in [4.78, 5) is 0. The topological polar surface area (TPSA) is 30.5 Å². The van der Waals surface area contributed by atoms with Crippen LogP contribution in [0.3, 0.4) is 0 Å². The van der Waals surface area contributed by atoms with E-state index in [0.717, 1.165) is 26.0 Å². The van der Waals surface area contributed by atoms with Crippen LogP contribution >= 0.6 is 0 Å². The molecule has 0 aromatic heterocycles. The molecular weight excluding hydrogens is 238 g/mol. The Morgan fingerprint density at radius 3 is 2.63 bits per heavy atom. The van der Waals surface area contributed by atoms with Gasteiger partial charge < -0.3 is 14.8 Å². The van der Waals surface area contributed by atoms with E-state index < -0.39 is 0 Å². The average molecular weight is 265 g/mol. The first kappa shape index (κ1) is 16.2. The van der Waals surface area contributed by atoms with E-state index in [-0.39, 0.29) is 0 Å². The van der Waals surface area contributed by atoms with Crippen molar-refractivity contribution in [1.29, 1.82) is 0 Å². The highest BCUT2D eigenvalue weighted by molar-refractivity contribution is 5.29. The number of hydrogen-bond acceptors (Lipinski definition) is 3. The van der Waals surface area contributed by atoms with Crippen molar-refractivity contribution in [3.05, 3.63) is 35.4 Å². The van der Waals surface area contributed by atoms with Crippen LogP contribution in [0.25, 0.3) is 0 Å². The monoisotopic (exact) mass is 265 g/mol. The summed E-state index contributed by atoms with van der Waals surface area (Å²) >= 11 is 0. The van der Waals surface area contributed by atoms with E-state index in [1.807, 2.05) is 7.05 Å². The van der Waals surface area contributed by atoms with E-state index in [2.05, 4.69) is 36.5 Å². The number of methoxy groups -OCH3 is 1. The van der Waals surface area contributed by atoms with Gasteiger partial charge in [0, 0.05) is 20.3 Å². The SMILES string of the molecule is CNCC(CCCOCCOC)c1ccccc1C. The molecule has 1 unspecified atom stereocenters. The summed E-state index contributed by atoms with van der Waals surface area (Å²) in [7, 11) is 3.71. The molecule has 108 valence electrons. The summed E-state index contributed by atoms with van der Waals surface area (Å²) in [6, 6.07) is 8.65. The van der Waals surface area contributed by atoms with Crippen molar-refractivity contribution >= 4 is 0 Å². The van der Waals surface area contributed by atoms with Gasteiger partial charge in [-0.1, -0.05) is 24.3 Å². The predicted octanol–water partition coefficient (Wildman–Crippen LogP) is 2.74. The van der Waals surface area contributed by atoms with Crippen LogP contribution < -0.4 is 5.32 Å². The van der Waals surface area contributed by atoms with Crippen LogP contribution in [0.15, 0.2) is 24.3 Å². The summed E-state index contributed by atoms with van der Waals surface area (Å²) < 4.78 is 10.5. The minimum Gasteiger partial charge on any atom is -0.382 e. The van der Waals surface area contributed by atoms with E-state index in [1.54, 1.807) is 7.11 Å². The van der Waals surface area contributed by atoms with Crippen LogP contribution in [0.4, 0.5) is 0 Å². The summed E-state index contributed by atoms with van der Waals surface area (Å²) in [6.07, 6.45) is 2.24. The Balaban J connectivity index is 2.39. The minimum atomic E-state index is 0.567. The second-order valence-electron chi connectivity index (χ2n) is 4.86. The molecule has 0 aliphatic heterocycles. The van der Waals surface area contributed by atoms with Gasteiger partial charge in [0.05, 0.1) is 13.2 Å². The molecule has 19 heavy (non-hydrogen) atoms. The van der Waals surface area contributed by atoms with Crippen molar-refractivity contribution in [1.82, 2.24) is 5.32 Å². The maximum absolute atomic E-state index is 5.52. The standard InChI is InChI=1S/C16H27NO2/c1-14-7-4-5-9-16(14)15(13-17-2)8-6-10-19-12-11-18-3/h4-5,7,9,15,17H,6,8,10-13H2,1-3H3. The lowest BCUT2D eigenvalue weighted by Crippen LogP contribution is -2.18. The van der Waals surface area contributed by atoms with Crippen molar-refractivity contribution < 1.29 is 9.47 Å². The van der Waals surface area contributed by atoms with Gasteiger partial charge >= 0.3 is 0 Å². The molecule has 0 heterocycles. The Morgan fingerprint density at radius 1 is 1.16 bits per heavy atom. The van der Waals surface area contributed by atoms with Crippen molar-refractivity contribution in [2.45, 2.75) is 25.7 Å². The minimum absolute atomic E-state index is 0.567. The molecular formula is C16H27NO2. The third-order valence-corrected chi connectivity index (χ3v) is 3.35. The molecule has 0 aliphatic carbocycles. The molecule has 1 aromatic rings. The molecule has 1 aromatic carbocycles. The fourth-order valence-corrected chi connectivity index (χ4v) is 2.33. The van der Waals surface area contributed by atoms with Crippen molar-refractivity contribution in [3.63, 3.8) is 0 Å². The lowest BCUT2D eigenvalue weighted by Gasteiger charge is -2.19. The number of rotatable bonds is 10. The van der Waals surface area contributed by atoms with E-state index in [0.29, 0.717) is 19.1 Å². The summed E-state index contributed by atoms with van der Waals surface area (Å²) in [5.41, 5.74) is 2.83. The highest BCUT2D eigenvalue weighted by Gasteiger charge is 2.12. The molecule has 1 N–H and O–H groups in total. The Hall–Kier alpha value is -0.900. The molecule has 0 aliphatic rings. The second-order valence-corrected chi connectivity index (χ2v) is 4.86. The average Bonchev–Trinajstić information content (AvgIpc) is 2.42. The number of aryl methyl sites for hydroxylation is 1. The van der Waals surface area contributed by atoms with Crippen molar-refractivity contribution in [3.8, 4) is 0 Å². The van der Waals surface area contributed by atoms with Gasteiger partial charge in [-0.2, -0.15) is 0 Å². The summed E-state index contributed by atoms with van der Waals surface area (Å²) in [6.45, 7) is 5.39. The molecule has 3 nitrogen and oxygen atoms in total. The van der Waals surface area contributed by atoms with Crippen molar-refractivity contribution in [2.75, 3.05) is 40.5 Å². The van der Waals surface area contributed by atoms with Crippen LogP contribution in [0.2, 0.25) is 0 Å². The molecule has 0 amide bonds. The maximum Gasteiger partial charge on any atom is 0.0700 e. The Bertz CT molecular complexity index is 341. The zero-order valence-corrected chi connectivity index (χ0v) is 12.4. The number of likely N-dealkylation sites (N-methyl/N-ethyl adjacent to an activating group) is 1. The van der Waals surface area contributed by atoms with Gasteiger partial charge in [0.2, 0.25) is 0 Å². The number of nitrogens with one attached hydrogen (secondary N) is 1. The van der Waals surface area contributed by atoms with Gasteiger partial charge in [-0.25, -0.2) is 0 Å². The number of ether oxygens (including phenoxy) is 2. The lowest BCUT2D eigenvalue weighted by molar-refractivity contribution is 0.0681. The quantitative estimate of drug-likeness (QED) is 0.660. The fourth-order valence-electron chi connectivity index (χ4n) is 2.33. The zero-order chi connectivity index (χ0) is 13.9. The third-order valence-electron chi connectivity index (χ3n) is 3.35. The van der Waals surface area contributed by atoms with Gasteiger partial charge in [0.25, 0.3) is 0 Å². The van der Waals surface area contributed by atoms with Crippen LogP contribution in [0.5, 0.6) is 0 Å². The Morgan fingerprint density at radius 2 is 1.95 bits per heavy atom. The molecule has 3 heteroatoms. The summed E-state index contributed by atoms with van der Waals surface area (Å²) in [5.74, 6) is 0.567. The molecule has 0 fully saturated rings. The molecule has 0 bridgehead atoms. The van der Waals surface area contributed by atoms with Gasteiger partial charge in [0.15, 0.2) is 0 Å². The van der Waals surface area contributed by atoms with Crippen LogP contribution in [-0.2, 0) is 9.47 Å². The Kier molecular flexibility index (Phi) is 8.47. The normalized spacial score (nSPS) is 12.6. The Labute approximate surface area is 117 Å². The molecule has 0 saturated heterocycles. The van der Waals surface area contributed by atoms with Gasteiger partial charge in [-0.15, -0.1) is 0 Å². The smallest absolute Gasteiger partial charge is 0.0700 e. The predicted molar refractivity (Wildman–Crippen MR) is 79.8 cm³/mol. The molecule has 0 radical (unpaired) electrons. The first-order valence-corrected chi connectivity index (χ1v) is 7.06. The van der Waals surface area contributed by atoms with Gasteiger partial charge in [0.1, 0.15) is 0 Å². The van der Waals surface area contributed by atoms with Crippen molar-refractivity contribution in [2.24, 2.45) is 0 Å². The van der Waals surface area contributed by atoms with Crippen LogP contribution in [0, 0.1) is 6.92 Å². The first-order chi connectivity index (χ1) is 9.29. The maximum atomic E-state index is 5.52. The number of benzene rings is 1. The van der Waals surface area contributed by atoms with Crippen LogP contribution in [0.1, 0.15) is 29.9 Å². The van der Waals surface area contributed by atoms with E-state index in [1.165, 1.54) is 11.1 Å².